The first-order valence-corrected chi connectivity index (χ1v) is 10.5. The van der Waals surface area contributed by atoms with Crippen LogP contribution in [0.25, 0.3) is 17.2 Å². The van der Waals surface area contributed by atoms with Crippen LogP contribution in [0, 0.1) is 23.6 Å². The number of aromatic hydroxyl groups is 1. The number of phenols is 1. The maximum atomic E-state index is 14.6. The van der Waals surface area contributed by atoms with Gasteiger partial charge in [0.15, 0.2) is 0 Å². The molecule has 0 unspecified atom stereocenters. The molecule has 0 heterocycles. The number of hydrogen-bond donors (Lipinski definition) is 2. The quantitative estimate of drug-likeness (QED) is 0.650. The Morgan fingerprint density at radius 2 is 1.66 bits per heavy atom. The molecule has 2 N–H and O–H groups in total. The fraction of sp³-hybridized carbons (Fsp3) is 0.400. The number of halogens is 1. The summed E-state index contributed by atoms with van der Waals surface area (Å²) >= 11 is 0. The average molecular weight is 392 g/mol. The summed E-state index contributed by atoms with van der Waals surface area (Å²) in [5, 5.41) is 19.6. The van der Waals surface area contributed by atoms with Crippen molar-refractivity contribution in [1.29, 1.82) is 0 Å². The molecule has 0 saturated heterocycles. The highest BCUT2D eigenvalue weighted by atomic mass is 19.1. The van der Waals surface area contributed by atoms with Crippen LogP contribution >= 0.6 is 0 Å². The molecule has 4 bridgehead atoms. The molecule has 4 fully saturated rings. The van der Waals surface area contributed by atoms with Crippen molar-refractivity contribution in [2.45, 2.75) is 43.9 Å². The molecule has 0 aromatic heterocycles. The van der Waals surface area contributed by atoms with Gasteiger partial charge in [0.25, 0.3) is 0 Å². The molecule has 6 rings (SSSR count). The molecule has 4 saturated carbocycles. The van der Waals surface area contributed by atoms with Gasteiger partial charge in [0, 0.05) is 17.2 Å². The minimum Gasteiger partial charge on any atom is -0.508 e. The zero-order valence-corrected chi connectivity index (χ0v) is 16.3. The second-order valence-corrected chi connectivity index (χ2v) is 9.34. The Morgan fingerprint density at radius 1 is 1.00 bits per heavy atom. The number of carboxylic acid groups (broad SMARTS) is 1. The lowest BCUT2D eigenvalue weighted by Crippen LogP contribution is -2.48. The smallest absolute Gasteiger partial charge is 0.328 e. The van der Waals surface area contributed by atoms with Gasteiger partial charge in [-0.25, -0.2) is 9.18 Å². The van der Waals surface area contributed by atoms with E-state index in [1.807, 2.05) is 6.07 Å². The second kappa shape index (κ2) is 6.72. The van der Waals surface area contributed by atoms with Crippen molar-refractivity contribution >= 4 is 12.0 Å². The molecule has 0 spiro atoms. The van der Waals surface area contributed by atoms with Crippen molar-refractivity contribution in [1.82, 2.24) is 0 Å². The summed E-state index contributed by atoms with van der Waals surface area (Å²) < 4.78 is 14.6. The Balaban J connectivity index is 1.56. The number of phenolic OH excluding ortho intramolecular Hbond substituents is 1. The van der Waals surface area contributed by atoms with Crippen molar-refractivity contribution in [2.75, 3.05) is 0 Å². The summed E-state index contributed by atoms with van der Waals surface area (Å²) in [6, 6.07) is 10.0. The van der Waals surface area contributed by atoms with Gasteiger partial charge in [0.2, 0.25) is 0 Å². The Labute approximate surface area is 169 Å². The third-order valence-electron chi connectivity index (χ3n) is 7.33. The maximum Gasteiger partial charge on any atom is 0.328 e. The number of carboxylic acids is 1. The van der Waals surface area contributed by atoms with Crippen molar-refractivity contribution in [3.63, 3.8) is 0 Å². The van der Waals surface area contributed by atoms with E-state index in [0.29, 0.717) is 16.9 Å². The lowest BCUT2D eigenvalue weighted by Gasteiger charge is -2.57. The van der Waals surface area contributed by atoms with Crippen molar-refractivity contribution in [2.24, 2.45) is 17.8 Å². The van der Waals surface area contributed by atoms with Crippen molar-refractivity contribution in [3.05, 3.63) is 59.4 Å². The van der Waals surface area contributed by atoms with Crippen LogP contribution in [-0.2, 0) is 10.2 Å². The summed E-state index contributed by atoms with van der Waals surface area (Å²) in [7, 11) is 0. The zero-order valence-electron chi connectivity index (χ0n) is 16.3. The van der Waals surface area contributed by atoms with Gasteiger partial charge >= 0.3 is 5.97 Å². The monoisotopic (exact) mass is 392 g/mol. The van der Waals surface area contributed by atoms with Gasteiger partial charge in [0.05, 0.1) is 0 Å². The maximum absolute atomic E-state index is 14.6. The largest absolute Gasteiger partial charge is 0.508 e. The Hall–Kier alpha value is -2.62. The van der Waals surface area contributed by atoms with Crippen LogP contribution in [0.3, 0.4) is 0 Å². The average Bonchev–Trinajstić information content (AvgIpc) is 2.66. The van der Waals surface area contributed by atoms with E-state index in [0.717, 1.165) is 54.2 Å². The number of hydrogen-bond acceptors (Lipinski definition) is 2. The van der Waals surface area contributed by atoms with Crippen LogP contribution < -0.4 is 0 Å². The zero-order chi connectivity index (χ0) is 20.2. The van der Waals surface area contributed by atoms with Crippen LogP contribution in [0.4, 0.5) is 4.39 Å². The third kappa shape index (κ3) is 3.25. The summed E-state index contributed by atoms with van der Waals surface area (Å²) in [4.78, 5) is 10.8. The molecule has 4 heteroatoms. The van der Waals surface area contributed by atoms with Crippen LogP contribution in [0.2, 0.25) is 0 Å². The predicted octanol–water partition coefficient (Wildman–Crippen LogP) is 5.76. The summed E-state index contributed by atoms with van der Waals surface area (Å²) in [5.41, 5.74) is 2.79. The van der Waals surface area contributed by atoms with Gasteiger partial charge in [-0.3, -0.25) is 0 Å². The standard InChI is InChI=1S/C25H25FO3/c26-22-4-1-15(2-6-24(28)29)10-20(22)19-3-5-23(27)21(11-19)25-12-16-7-17(13-25)9-18(8-16)14-25/h1-6,10-11,16-18,27H,7-9,12-14H2,(H,28,29)/b6-2+. The van der Waals surface area contributed by atoms with Crippen molar-refractivity contribution < 1.29 is 19.4 Å². The summed E-state index contributed by atoms with van der Waals surface area (Å²) in [5.74, 6) is 1.20. The topological polar surface area (TPSA) is 57.5 Å². The number of aliphatic carboxylic acids is 1. The number of carbonyl (C=O) groups is 1. The lowest BCUT2D eigenvalue weighted by atomic mass is 9.48. The second-order valence-electron chi connectivity index (χ2n) is 9.34. The minimum atomic E-state index is -1.04. The van der Waals surface area contributed by atoms with Gasteiger partial charge in [0.1, 0.15) is 11.6 Å². The van der Waals surface area contributed by atoms with E-state index in [9.17, 15) is 14.3 Å². The number of rotatable bonds is 4. The molecular weight excluding hydrogens is 367 g/mol. The fourth-order valence-electron chi connectivity index (χ4n) is 6.60. The normalized spacial score (nSPS) is 30.2. The molecule has 0 atom stereocenters. The molecule has 3 nitrogen and oxygen atoms in total. The Bertz CT molecular complexity index is 972. The Kier molecular flexibility index (Phi) is 4.27. The molecule has 0 amide bonds. The fourth-order valence-corrected chi connectivity index (χ4v) is 6.60. The first kappa shape index (κ1) is 18.4. The highest BCUT2D eigenvalue weighted by Crippen LogP contribution is 2.62. The minimum absolute atomic E-state index is 0.0200. The van der Waals surface area contributed by atoms with E-state index in [1.165, 1.54) is 31.4 Å². The predicted molar refractivity (Wildman–Crippen MR) is 110 cm³/mol. The summed E-state index contributed by atoms with van der Waals surface area (Å²) in [6.45, 7) is 0. The molecule has 29 heavy (non-hydrogen) atoms. The van der Waals surface area contributed by atoms with Crippen molar-refractivity contribution in [3.8, 4) is 16.9 Å². The molecule has 0 aliphatic heterocycles. The van der Waals surface area contributed by atoms with Gasteiger partial charge in [-0.1, -0.05) is 12.1 Å². The van der Waals surface area contributed by atoms with E-state index < -0.39 is 5.97 Å². The third-order valence-corrected chi connectivity index (χ3v) is 7.33. The van der Waals surface area contributed by atoms with Gasteiger partial charge in [-0.2, -0.15) is 0 Å². The van der Waals surface area contributed by atoms with Crippen LogP contribution in [0.1, 0.15) is 49.7 Å². The van der Waals surface area contributed by atoms with E-state index in [2.05, 4.69) is 0 Å². The first-order chi connectivity index (χ1) is 13.9. The molecule has 2 aromatic carbocycles. The van der Waals surface area contributed by atoms with E-state index in [1.54, 1.807) is 24.3 Å². The molecular formula is C25H25FO3. The van der Waals surface area contributed by atoms with E-state index >= 15 is 0 Å². The molecule has 150 valence electrons. The molecule has 2 aromatic rings. The first-order valence-electron chi connectivity index (χ1n) is 10.5. The van der Waals surface area contributed by atoms with Crippen LogP contribution in [0.5, 0.6) is 5.75 Å². The Morgan fingerprint density at radius 3 is 2.28 bits per heavy atom. The summed E-state index contributed by atoms with van der Waals surface area (Å²) in [6.07, 6.45) is 9.87. The van der Waals surface area contributed by atoms with E-state index in [4.69, 9.17) is 5.11 Å². The lowest BCUT2D eigenvalue weighted by molar-refractivity contribution is -0.131. The molecule has 4 aliphatic carbocycles. The molecule has 0 radical (unpaired) electrons. The molecule has 4 aliphatic rings. The SMILES string of the molecule is O=C(O)/C=C/c1ccc(F)c(-c2ccc(O)c(C34CC5CC(CC(C5)C3)C4)c2)c1. The highest BCUT2D eigenvalue weighted by Gasteiger charge is 2.52. The highest BCUT2D eigenvalue weighted by molar-refractivity contribution is 5.85. The van der Waals surface area contributed by atoms with Crippen LogP contribution in [0.15, 0.2) is 42.5 Å². The van der Waals surface area contributed by atoms with E-state index in [-0.39, 0.29) is 11.2 Å². The van der Waals surface area contributed by atoms with Gasteiger partial charge < -0.3 is 10.2 Å². The van der Waals surface area contributed by atoms with Gasteiger partial charge in [-0.05, 0) is 103 Å². The van der Waals surface area contributed by atoms with Gasteiger partial charge in [-0.15, -0.1) is 0 Å². The van der Waals surface area contributed by atoms with Crippen LogP contribution in [-0.4, -0.2) is 16.2 Å². The number of benzene rings is 2.